The first-order valence-corrected chi connectivity index (χ1v) is 6.32. The second-order valence-electron chi connectivity index (χ2n) is 4.15. The highest BCUT2D eigenvalue weighted by Crippen LogP contribution is 2.13. The Morgan fingerprint density at radius 3 is 2.45 bits per heavy atom. The number of hydrogen-bond acceptors (Lipinski definition) is 3. The molecule has 0 saturated carbocycles. The lowest BCUT2D eigenvalue weighted by atomic mass is 10.3. The highest BCUT2D eigenvalue weighted by molar-refractivity contribution is 6.30. The van der Waals surface area contributed by atoms with E-state index in [2.05, 4.69) is 10.6 Å². The van der Waals surface area contributed by atoms with Crippen LogP contribution in [-0.4, -0.2) is 18.4 Å². The van der Waals surface area contributed by atoms with Gasteiger partial charge >= 0.3 is 0 Å². The van der Waals surface area contributed by atoms with Gasteiger partial charge in [-0.3, -0.25) is 9.59 Å². The third-order valence-electron chi connectivity index (χ3n) is 2.50. The van der Waals surface area contributed by atoms with Gasteiger partial charge in [0.05, 0.1) is 6.54 Å². The van der Waals surface area contributed by atoms with Crippen LogP contribution in [0.5, 0.6) is 0 Å². The van der Waals surface area contributed by atoms with Crippen molar-refractivity contribution in [2.45, 2.75) is 6.92 Å². The first-order chi connectivity index (χ1) is 9.54. The summed E-state index contributed by atoms with van der Waals surface area (Å²) in [6.45, 7) is 1.60. The van der Waals surface area contributed by atoms with E-state index in [1.165, 1.54) is 0 Å². The summed E-state index contributed by atoms with van der Waals surface area (Å²) < 4.78 is 5.15. The zero-order valence-electron chi connectivity index (χ0n) is 10.8. The summed E-state index contributed by atoms with van der Waals surface area (Å²) >= 11 is 5.74. The standard InChI is InChI=1S/C14H13ClN2O3/c1-9-2-7-12(20-9)14(19)16-8-13(18)17-11-5-3-10(15)4-6-11/h2-7H,8H2,1H3,(H,16,19)(H,17,18). The van der Waals surface area contributed by atoms with Gasteiger partial charge < -0.3 is 15.1 Å². The van der Waals surface area contributed by atoms with Gasteiger partial charge in [-0.05, 0) is 43.3 Å². The average molecular weight is 293 g/mol. The summed E-state index contributed by atoms with van der Waals surface area (Å²) in [5.74, 6) is 0.0656. The Hall–Kier alpha value is -2.27. The summed E-state index contributed by atoms with van der Waals surface area (Å²) in [5.41, 5.74) is 0.613. The Morgan fingerprint density at radius 2 is 1.85 bits per heavy atom. The van der Waals surface area contributed by atoms with Gasteiger partial charge in [-0.15, -0.1) is 0 Å². The van der Waals surface area contributed by atoms with Gasteiger partial charge in [0.15, 0.2) is 5.76 Å². The molecule has 0 aliphatic heterocycles. The molecule has 20 heavy (non-hydrogen) atoms. The van der Waals surface area contributed by atoms with Gasteiger partial charge in [-0.1, -0.05) is 11.6 Å². The minimum Gasteiger partial charge on any atom is -0.456 e. The molecule has 1 heterocycles. The van der Waals surface area contributed by atoms with Gasteiger partial charge in [0.2, 0.25) is 5.91 Å². The molecule has 0 fully saturated rings. The highest BCUT2D eigenvalue weighted by Gasteiger charge is 2.11. The van der Waals surface area contributed by atoms with Gasteiger partial charge in [0, 0.05) is 10.7 Å². The number of rotatable bonds is 4. The van der Waals surface area contributed by atoms with Crippen LogP contribution < -0.4 is 10.6 Å². The number of nitrogens with one attached hydrogen (secondary N) is 2. The fourth-order valence-corrected chi connectivity index (χ4v) is 1.67. The van der Waals surface area contributed by atoms with Crippen molar-refractivity contribution in [3.05, 3.63) is 52.9 Å². The minimum atomic E-state index is -0.427. The van der Waals surface area contributed by atoms with Gasteiger partial charge in [0.25, 0.3) is 5.91 Å². The van der Waals surface area contributed by atoms with Crippen LogP contribution in [0.3, 0.4) is 0 Å². The van der Waals surface area contributed by atoms with E-state index >= 15 is 0 Å². The smallest absolute Gasteiger partial charge is 0.287 e. The summed E-state index contributed by atoms with van der Waals surface area (Å²) in [6, 6.07) is 9.93. The molecule has 0 spiro atoms. The lowest BCUT2D eigenvalue weighted by Gasteiger charge is -2.06. The number of halogens is 1. The molecular formula is C14H13ClN2O3. The van der Waals surface area contributed by atoms with Crippen LogP contribution in [0.25, 0.3) is 0 Å². The van der Waals surface area contributed by atoms with Gasteiger partial charge in [-0.2, -0.15) is 0 Å². The highest BCUT2D eigenvalue weighted by atomic mass is 35.5. The number of furan rings is 1. The summed E-state index contributed by atoms with van der Waals surface area (Å²) in [5, 5.41) is 5.70. The van der Waals surface area contributed by atoms with Crippen LogP contribution >= 0.6 is 11.6 Å². The van der Waals surface area contributed by atoms with E-state index in [1.807, 2.05) is 0 Å². The van der Waals surface area contributed by atoms with E-state index in [1.54, 1.807) is 43.3 Å². The molecule has 0 aliphatic rings. The lowest BCUT2D eigenvalue weighted by molar-refractivity contribution is -0.115. The van der Waals surface area contributed by atoms with E-state index in [0.29, 0.717) is 16.5 Å². The van der Waals surface area contributed by atoms with Crippen molar-refractivity contribution >= 4 is 29.1 Å². The maximum absolute atomic E-state index is 11.7. The molecule has 0 saturated heterocycles. The van der Waals surface area contributed by atoms with Crippen molar-refractivity contribution in [2.75, 3.05) is 11.9 Å². The fraction of sp³-hybridized carbons (Fsp3) is 0.143. The summed E-state index contributed by atoms with van der Waals surface area (Å²) in [4.78, 5) is 23.3. The third kappa shape index (κ3) is 3.86. The quantitative estimate of drug-likeness (QED) is 0.910. The van der Waals surface area contributed by atoms with E-state index in [0.717, 1.165) is 0 Å². The predicted octanol–water partition coefficient (Wildman–Crippen LogP) is 2.61. The topological polar surface area (TPSA) is 71.3 Å². The van der Waals surface area contributed by atoms with E-state index < -0.39 is 5.91 Å². The maximum atomic E-state index is 11.7. The number of anilines is 1. The Balaban J connectivity index is 1.83. The fourth-order valence-electron chi connectivity index (χ4n) is 1.54. The Kier molecular flexibility index (Phi) is 4.42. The predicted molar refractivity (Wildman–Crippen MR) is 75.9 cm³/mol. The van der Waals surface area contributed by atoms with Crippen molar-refractivity contribution in [1.29, 1.82) is 0 Å². The second kappa shape index (κ2) is 6.25. The number of amides is 2. The molecule has 6 heteroatoms. The van der Waals surface area contributed by atoms with Crippen molar-refractivity contribution in [3.8, 4) is 0 Å². The first-order valence-electron chi connectivity index (χ1n) is 5.94. The van der Waals surface area contributed by atoms with E-state index in [9.17, 15) is 9.59 Å². The Bertz CT molecular complexity index is 620. The van der Waals surface area contributed by atoms with Crippen LogP contribution in [-0.2, 0) is 4.79 Å². The van der Waals surface area contributed by atoms with Crippen LogP contribution in [0.1, 0.15) is 16.3 Å². The van der Waals surface area contributed by atoms with Crippen LogP contribution in [0, 0.1) is 6.92 Å². The molecule has 5 nitrogen and oxygen atoms in total. The van der Waals surface area contributed by atoms with Crippen LogP contribution in [0.2, 0.25) is 5.02 Å². The summed E-state index contributed by atoms with van der Waals surface area (Å²) in [6.07, 6.45) is 0. The van der Waals surface area contributed by atoms with Gasteiger partial charge in [-0.25, -0.2) is 0 Å². The molecule has 0 bridgehead atoms. The molecule has 1 aromatic carbocycles. The molecule has 0 aliphatic carbocycles. The molecule has 0 radical (unpaired) electrons. The first kappa shape index (κ1) is 14.1. The minimum absolute atomic E-state index is 0.138. The largest absolute Gasteiger partial charge is 0.456 e. The molecule has 0 unspecified atom stereocenters. The SMILES string of the molecule is Cc1ccc(C(=O)NCC(=O)Nc2ccc(Cl)cc2)o1. The monoisotopic (exact) mass is 292 g/mol. The van der Waals surface area contributed by atoms with Gasteiger partial charge in [0.1, 0.15) is 5.76 Å². The molecule has 0 atom stereocenters. The Labute approximate surface area is 120 Å². The maximum Gasteiger partial charge on any atom is 0.287 e. The van der Waals surface area contributed by atoms with E-state index in [-0.39, 0.29) is 18.2 Å². The zero-order valence-corrected chi connectivity index (χ0v) is 11.5. The Morgan fingerprint density at radius 1 is 1.15 bits per heavy atom. The number of benzene rings is 1. The summed E-state index contributed by atoms with van der Waals surface area (Å²) in [7, 11) is 0. The number of hydrogen-bond donors (Lipinski definition) is 2. The number of aryl methyl sites for hydroxylation is 1. The van der Waals surface area contributed by atoms with Crippen molar-refractivity contribution in [1.82, 2.24) is 5.32 Å². The molecular weight excluding hydrogens is 280 g/mol. The molecule has 2 rings (SSSR count). The molecule has 2 N–H and O–H groups in total. The van der Waals surface area contributed by atoms with Crippen molar-refractivity contribution in [3.63, 3.8) is 0 Å². The van der Waals surface area contributed by atoms with Crippen LogP contribution in [0.4, 0.5) is 5.69 Å². The lowest BCUT2D eigenvalue weighted by Crippen LogP contribution is -2.32. The normalized spacial score (nSPS) is 10.1. The zero-order chi connectivity index (χ0) is 14.5. The second-order valence-corrected chi connectivity index (χ2v) is 4.58. The van der Waals surface area contributed by atoms with Crippen molar-refractivity contribution < 1.29 is 14.0 Å². The van der Waals surface area contributed by atoms with Crippen LogP contribution in [0.15, 0.2) is 40.8 Å². The molecule has 2 amide bonds. The van der Waals surface area contributed by atoms with Crippen molar-refractivity contribution in [2.24, 2.45) is 0 Å². The van der Waals surface area contributed by atoms with E-state index in [4.69, 9.17) is 16.0 Å². The molecule has 2 aromatic rings. The number of carbonyl (C=O) groups is 2. The molecule has 1 aromatic heterocycles. The number of carbonyl (C=O) groups excluding carboxylic acids is 2. The molecule has 104 valence electrons. The average Bonchev–Trinajstić information content (AvgIpc) is 2.85. The third-order valence-corrected chi connectivity index (χ3v) is 2.75.